The Kier molecular flexibility index (Phi) is 3.37. The summed E-state index contributed by atoms with van der Waals surface area (Å²) in [5, 5.41) is 5.88. The monoisotopic (exact) mass is 279 g/mol. The minimum absolute atomic E-state index is 0.193. The molecule has 0 saturated carbocycles. The Bertz CT molecular complexity index is 581. The van der Waals surface area contributed by atoms with Gasteiger partial charge in [0.2, 0.25) is 0 Å². The zero-order valence-electron chi connectivity index (χ0n) is 11.8. The third-order valence-electron chi connectivity index (χ3n) is 4.11. The van der Waals surface area contributed by atoms with Crippen LogP contribution in [0.25, 0.3) is 4.96 Å². The summed E-state index contributed by atoms with van der Waals surface area (Å²) >= 11 is 1.71. The van der Waals surface area contributed by atoms with Crippen LogP contribution in [0.3, 0.4) is 0 Å². The van der Waals surface area contributed by atoms with E-state index in [4.69, 9.17) is 4.74 Å². The predicted octanol–water partition coefficient (Wildman–Crippen LogP) is 2.67. The smallest absolute Gasteiger partial charge is 0.194 e. The molecule has 0 spiro atoms. The molecule has 1 N–H and O–H groups in total. The van der Waals surface area contributed by atoms with E-state index in [-0.39, 0.29) is 5.54 Å². The Labute approximate surface area is 117 Å². The van der Waals surface area contributed by atoms with Crippen molar-refractivity contribution < 1.29 is 4.74 Å². The molecule has 3 heterocycles. The molecule has 1 saturated heterocycles. The van der Waals surface area contributed by atoms with Gasteiger partial charge in [-0.2, -0.15) is 0 Å². The van der Waals surface area contributed by atoms with Crippen LogP contribution in [0.15, 0.2) is 5.38 Å². The van der Waals surface area contributed by atoms with Crippen molar-refractivity contribution in [3.63, 3.8) is 0 Å². The number of nitrogens with zero attached hydrogens (tertiary/aromatic N) is 2. The summed E-state index contributed by atoms with van der Waals surface area (Å²) in [6.45, 7) is 9.14. The van der Waals surface area contributed by atoms with Gasteiger partial charge in [-0.05, 0) is 33.6 Å². The molecule has 2 aromatic heterocycles. The molecule has 0 bridgehead atoms. The van der Waals surface area contributed by atoms with Gasteiger partial charge in [-0.3, -0.25) is 4.40 Å². The van der Waals surface area contributed by atoms with Crippen molar-refractivity contribution in [3.05, 3.63) is 22.5 Å². The summed E-state index contributed by atoms with van der Waals surface area (Å²) in [4.78, 5) is 5.74. The van der Waals surface area contributed by atoms with Gasteiger partial charge >= 0.3 is 0 Å². The highest BCUT2D eigenvalue weighted by Gasteiger charge is 2.27. The Balaban J connectivity index is 1.81. The number of hydrogen-bond donors (Lipinski definition) is 1. The zero-order valence-corrected chi connectivity index (χ0v) is 12.6. The first-order valence-electron chi connectivity index (χ1n) is 6.84. The molecule has 19 heavy (non-hydrogen) atoms. The Morgan fingerprint density at radius 2 is 2.16 bits per heavy atom. The maximum atomic E-state index is 5.45. The number of hydrogen-bond acceptors (Lipinski definition) is 4. The van der Waals surface area contributed by atoms with Crippen molar-refractivity contribution in [1.29, 1.82) is 0 Å². The molecule has 5 heteroatoms. The number of nitrogens with one attached hydrogen (secondary N) is 1. The van der Waals surface area contributed by atoms with Crippen molar-refractivity contribution in [2.75, 3.05) is 13.2 Å². The van der Waals surface area contributed by atoms with Crippen LogP contribution >= 0.6 is 11.3 Å². The van der Waals surface area contributed by atoms with Crippen molar-refractivity contribution in [2.24, 2.45) is 0 Å². The highest BCUT2D eigenvalue weighted by Crippen LogP contribution is 2.23. The van der Waals surface area contributed by atoms with Crippen LogP contribution in [0.4, 0.5) is 0 Å². The topological polar surface area (TPSA) is 38.6 Å². The summed E-state index contributed by atoms with van der Waals surface area (Å²) < 4.78 is 7.72. The second-order valence-electron chi connectivity index (χ2n) is 5.67. The lowest BCUT2D eigenvalue weighted by Gasteiger charge is -2.34. The van der Waals surface area contributed by atoms with Crippen molar-refractivity contribution >= 4 is 16.3 Å². The predicted molar refractivity (Wildman–Crippen MR) is 77.8 cm³/mol. The molecule has 4 nitrogen and oxygen atoms in total. The third kappa shape index (κ3) is 2.42. The molecule has 104 valence electrons. The summed E-state index contributed by atoms with van der Waals surface area (Å²) in [5.41, 5.74) is 3.90. The summed E-state index contributed by atoms with van der Waals surface area (Å²) in [7, 11) is 0. The standard InChI is InChI=1S/C14H21N3OS/c1-10-9-19-13-16-11(2)12(17(10)13)8-15-14(3)4-6-18-7-5-14/h9,15H,4-8H2,1-3H3. The Morgan fingerprint density at radius 3 is 2.89 bits per heavy atom. The van der Waals surface area contributed by atoms with Crippen molar-refractivity contribution in [2.45, 2.75) is 45.7 Å². The molecule has 1 aliphatic rings. The second-order valence-corrected chi connectivity index (χ2v) is 6.50. The maximum Gasteiger partial charge on any atom is 0.194 e. The van der Waals surface area contributed by atoms with Gasteiger partial charge in [0.15, 0.2) is 4.96 Å². The van der Waals surface area contributed by atoms with Crippen molar-refractivity contribution in [3.8, 4) is 0 Å². The molecule has 1 aliphatic heterocycles. The van der Waals surface area contributed by atoms with Gasteiger partial charge in [0, 0.05) is 36.4 Å². The lowest BCUT2D eigenvalue weighted by molar-refractivity contribution is 0.0444. The van der Waals surface area contributed by atoms with E-state index in [0.29, 0.717) is 0 Å². The van der Waals surface area contributed by atoms with E-state index in [0.717, 1.165) is 43.3 Å². The van der Waals surface area contributed by atoms with E-state index in [1.54, 1.807) is 11.3 Å². The molecule has 0 atom stereocenters. The number of rotatable bonds is 3. The van der Waals surface area contributed by atoms with E-state index in [1.165, 1.54) is 11.4 Å². The van der Waals surface area contributed by atoms with Crippen LogP contribution in [0.5, 0.6) is 0 Å². The molecule has 0 radical (unpaired) electrons. The second kappa shape index (κ2) is 4.89. The minimum Gasteiger partial charge on any atom is -0.381 e. The average molecular weight is 279 g/mol. The number of fused-ring (bicyclic) bond motifs is 1. The first kappa shape index (κ1) is 13.1. The van der Waals surface area contributed by atoms with Gasteiger partial charge < -0.3 is 10.1 Å². The van der Waals surface area contributed by atoms with Gasteiger partial charge in [-0.1, -0.05) is 0 Å². The molecule has 2 aromatic rings. The van der Waals surface area contributed by atoms with Gasteiger partial charge in [0.1, 0.15) is 0 Å². The number of ether oxygens (including phenoxy) is 1. The van der Waals surface area contributed by atoms with E-state index in [9.17, 15) is 0 Å². The molecular weight excluding hydrogens is 258 g/mol. The first-order valence-corrected chi connectivity index (χ1v) is 7.72. The van der Waals surface area contributed by atoms with E-state index in [1.807, 2.05) is 0 Å². The fraction of sp³-hybridized carbons (Fsp3) is 0.643. The largest absolute Gasteiger partial charge is 0.381 e. The van der Waals surface area contributed by atoms with E-state index in [2.05, 4.69) is 40.9 Å². The lowest BCUT2D eigenvalue weighted by Crippen LogP contribution is -2.46. The summed E-state index contributed by atoms with van der Waals surface area (Å²) in [6, 6.07) is 0. The number of thiazole rings is 1. The third-order valence-corrected chi connectivity index (χ3v) is 5.05. The lowest BCUT2D eigenvalue weighted by atomic mass is 9.92. The minimum atomic E-state index is 0.193. The van der Waals surface area contributed by atoms with Crippen LogP contribution in [0.2, 0.25) is 0 Å². The van der Waals surface area contributed by atoms with Crippen LogP contribution in [0.1, 0.15) is 36.8 Å². The highest BCUT2D eigenvalue weighted by atomic mass is 32.1. The van der Waals surface area contributed by atoms with E-state index >= 15 is 0 Å². The SMILES string of the molecule is Cc1nc2scc(C)n2c1CNC1(C)CCOCC1. The van der Waals surface area contributed by atoms with Gasteiger partial charge in [0.25, 0.3) is 0 Å². The normalized spacial score (nSPS) is 19.1. The average Bonchev–Trinajstić information content (AvgIpc) is 2.88. The number of imidazole rings is 1. The van der Waals surface area contributed by atoms with E-state index < -0.39 is 0 Å². The maximum absolute atomic E-state index is 5.45. The fourth-order valence-corrected chi connectivity index (χ4v) is 3.60. The number of aromatic nitrogens is 2. The van der Waals surface area contributed by atoms with Crippen LogP contribution in [-0.4, -0.2) is 28.1 Å². The molecule has 0 aromatic carbocycles. The van der Waals surface area contributed by atoms with Gasteiger partial charge in [-0.25, -0.2) is 4.98 Å². The molecular formula is C14H21N3OS. The molecule has 0 unspecified atom stereocenters. The Morgan fingerprint density at radius 1 is 1.42 bits per heavy atom. The highest BCUT2D eigenvalue weighted by molar-refractivity contribution is 7.15. The fourth-order valence-electron chi connectivity index (χ4n) is 2.67. The molecule has 1 fully saturated rings. The zero-order chi connectivity index (χ0) is 13.5. The first-order chi connectivity index (χ1) is 9.09. The summed E-state index contributed by atoms with van der Waals surface area (Å²) in [6.07, 6.45) is 2.16. The number of aryl methyl sites for hydroxylation is 2. The van der Waals surface area contributed by atoms with Gasteiger partial charge in [0.05, 0.1) is 11.4 Å². The molecule has 3 rings (SSSR count). The molecule has 0 aliphatic carbocycles. The summed E-state index contributed by atoms with van der Waals surface area (Å²) in [5.74, 6) is 0. The van der Waals surface area contributed by atoms with Gasteiger partial charge in [-0.15, -0.1) is 11.3 Å². The quantitative estimate of drug-likeness (QED) is 0.939. The Hall–Kier alpha value is -0.910. The van der Waals surface area contributed by atoms with Crippen LogP contribution < -0.4 is 5.32 Å². The molecule has 0 amide bonds. The van der Waals surface area contributed by atoms with Crippen molar-refractivity contribution in [1.82, 2.24) is 14.7 Å². The van der Waals surface area contributed by atoms with Crippen LogP contribution in [-0.2, 0) is 11.3 Å². The van der Waals surface area contributed by atoms with Crippen LogP contribution in [0, 0.1) is 13.8 Å².